The number of aromatic nitrogens is 4. The van der Waals surface area contributed by atoms with Gasteiger partial charge < -0.3 is 8.98 Å². The molecule has 0 spiro atoms. The van der Waals surface area contributed by atoms with E-state index in [0.717, 1.165) is 60.7 Å². The molecule has 0 radical (unpaired) electrons. The van der Waals surface area contributed by atoms with Crippen molar-refractivity contribution in [2.24, 2.45) is 0 Å². The summed E-state index contributed by atoms with van der Waals surface area (Å²) in [6.45, 7) is 0. The van der Waals surface area contributed by atoms with Crippen LogP contribution in [-0.2, 0) is 0 Å². The van der Waals surface area contributed by atoms with Gasteiger partial charge in [0.05, 0.1) is 16.7 Å². The standard InChI is InChI=1S/C53H30N4OS/c1-2-12-32-25-35(22-21-31(32)11-1)51-54-52(36-23-24-49-42(27-36)40-17-7-10-20-48(40)59-49)56-53(55-51)37-28-43-39-16-6-9-19-47(39)58-50(43)46(30-37)57-44-18-8-5-15-38(44)41-26-33-13-3-4-14-34(33)29-45(41)57/h1-30H. The Bertz CT molecular complexity index is 3870. The second kappa shape index (κ2) is 12.4. The van der Waals surface area contributed by atoms with Crippen LogP contribution in [0.5, 0.6) is 0 Å². The molecule has 0 unspecified atom stereocenters. The van der Waals surface area contributed by atoms with Crippen molar-refractivity contribution in [3.63, 3.8) is 0 Å². The Balaban J connectivity index is 1.11. The van der Waals surface area contributed by atoms with E-state index in [9.17, 15) is 0 Å². The van der Waals surface area contributed by atoms with Gasteiger partial charge in [-0.2, -0.15) is 0 Å². The molecule has 0 saturated heterocycles. The summed E-state index contributed by atoms with van der Waals surface area (Å²) >= 11 is 1.81. The Hall–Kier alpha value is -7.67. The summed E-state index contributed by atoms with van der Waals surface area (Å²) in [4.78, 5) is 15.9. The highest BCUT2D eigenvalue weighted by Crippen LogP contribution is 2.42. The van der Waals surface area contributed by atoms with Gasteiger partial charge in [0.2, 0.25) is 0 Å². The molecule has 0 bridgehead atoms. The predicted octanol–water partition coefficient (Wildman–Crippen LogP) is 14.5. The molecule has 0 amide bonds. The van der Waals surface area contributed by atoms with Crippen LogP contribution >= 0.6 is 11.3 Å². The van der Waals surface area contributed by atoms with Gasteiger partial charge in [0.25, 0.3) is 0 Å². The first-order chi connectivity index (χ1) is 29.2. The molecular weight excluding hydrogens is 741 g/mol. The molecule has 0 atom stereocenters. The minimum absolute atomic E-state index is 0.591. The molecule has 0 aliphatic heterocycles. The molecule has 13 aromatic rings. The fourth-order valence-corrected chi connectivity index (χ4v) is 10.1. The summed E-state index contributed by atoms with van der Waals surface area (Å²) in [6.07, 6.45) is 0. The topological polar surface area (TPSA) is 56.7 Å². The predicted molar refractivity (Wildman–Crippen MR) is 246 cm³/mol. The van der Waals surface area contributed by atoms with Crippen molar-refractivity contribution in [3.8, 4) is 39.9 Å². The maximum absolute atomic E-state index is 6.81. The molecule has 13 rings (SSSR count). The number of hydrogen-bond acceptors (Lipinski definition) is 5. The number of nitrogens with zero attached hydrogens (tertiary/aromatic N) is 4. The van der Waals surface area contributed by atoms with Gasteiger partial charge in [-0.15, -0.1) is 11.3 Å². The summed E-state index contributed by atoms with van der Waals surface area (Å²) in [5.41, 5.74) is 7.51. The summed E-state index contributed by atoms with van der Waals surface area (Å²) in [5.74, 6) is 1.83. The van der Waals surface area contributed by atoms with Gasteiger partial charge >= 0.3 is 0 Å². The minimum Gasteiger partial charge on any atom is -0.454 e. The van der Waals surface area contributed by atoms with E-state index in [-0.39, 0.29) is 0 Å². The summed E-state index contributed by atoms with van der Waals surface area (Å²) in [5, 5.41) is 11.5. The SMILES string of the molecule is c1ccc2cc(-c3nc(-c4ccc5sc6ccccc6c5c4)nc(-c4cc(-n5c6ccccc6c6cc7ccccc7cc65)c5oc6ccccc6c5c4)n3)ccc2c1. The molecule has 0 aliphatic rings. The van der Waals surface area contributed by atoms with Crippen molar-refractivity contribution in [1.82, 2.24) is 19.5 Å². The lowest BCUT2D eigenvalue weighted by Crippen LogP contribution is -2.01. The third kappa shape index (κ3) is 5.00. The van der Waals surface area contributed by atoms with E-state index in [2.05, 4.69) is 174 Å². The van der Waals surface area contributed by atoms with Gasteiger partial charge in [-0.25, -0.2) is 15.0 Å². The van der Waals surface area contributed by atoms with Crippen molar-refractivity contribution in [2.45, 2.75) is 0 Å². The van der Waals surface area contributed by atoms with Crippen LogP contribution in [0.1, 0.15) is 0 Å². The van der Waals surface area contributed by atoms with E-state index >= 15 is 0 Å². The molecule has 0 saturated carbocycles. The first-order valence-electron chi connectivity index (χ1n) is 19.8. The molecular formula is C53H30N4OS. The number of benzene rings is 9. The number of thiophene rings is 1. The smallest absolute Gasteiger partial charge is 0.164 e. The van der Waals surface area contributed by atoms with Gasteiger partial charge in [-0.1, -0.05) is 115 Å². The molecule has 0 N–H and O–H groups in total. The summed E-state index contributed by atoms with van der Waals surface area (Å²) < 4.78 is 11.7. The van der Waals surface area contributed by atoms with E-state index in [0.29, 0.717) is 17.5 Å². The van der Waals surface area contributed by atoms with E-state index in [1.165, 1.54) is 47.1 Å². The second-order valence-corrected chi connectivity index (χ2v) is 16.3. The maximum Gasteiger partial charge on any atom is 0.164 e. The van der Waals surface area contributed by atoms with Crippen LogP contribution < -0.4 is 0 Å². The Morgan fingerprint density at radius 1 is 0.373 bits per heavy atom. The molecule has 0 fully saturated rings. The van der Waals surface area contributed by atoms with Gasteiger partial charge in [-0.3, -0.25) is 0 Å². The van der Waals surface area contributed by atoms with Crippen molar-refractivity contribution < 1.29 is 4.42 Å². The van der Waals surface area contributed by atoms with Crippen LogP contribution in [0, 0.1) is 0 Å². The first kappa shape index (κ1) is 32.4. The average Bonchev–Trinajstić information content (AvgIpc) is 3.97. The number of rotatable bonds is 4. The fraction of sp³-hybridized carbons (Fsp3) is 0. The van der Waals surface area contributed by atoms with E-state index in [1.54, 1.807) is 0 Å². The average molecular weight is 771 g/mol. The lowest BCUT2D eigenvalue weighted by molar-refractivity contribution is 0.666. The fourth-order valence-electron chi connectivity index (χ4n) is 8.98. The summed E-state index contributed by atoms with van der Waals surface area (Å²) in [6, 6.07) is 64.5. The van der Waals surface area contributed by atoms with Gasteiger partial charge in [0.15, 0.2) is 23.1 Å². The van der Waals surface area contributed by atoms with Crippen LogP contribution in [-0.4, -0.2) is 19.5 Å². The highest BCUT2D eigenvalue weighted by Gasteiger charge is 2.22. The molecule has 4 aromatic heterocycles. The van der Waals surface area contributed by atoms with Gasteiger partial charge in [0.1, 0.15) is 5.58 Å². The van der Waals surface area contributed by atoms with Crippen LogP contribution in [0.4, 0.5) is 0 Å². The van der Waals surface area contributed by atoms with Crippen molar-refractivity contribution in [3.05, 3.63) is 182 Å². The normalized spacial score (nSPS) is 12.1. The molecule has 0 aliphatic carbocycles. The molecule has 9 aromatic carbocycles. The third-order valence-electron chi connectivity index (χ3n) is 11.8. The van der Waals surface area contributed by atoms with Crippen LogP contribution in [0.2, 0.25) is 0 Å². The molecule has 274 valence electrons. The Morgan fingerprint density at radius 3 is 1.80 bits per heavy atom. The molecule has 6 heteroatoms. The van der Waals surface area contributed by atoms with Crippen LogP contribution in [0.25, 0.3) is 125 Å². The maximum atomic E-state index is 6.81. The summed E-state index contributed by atoms with van der Waals surface area (Å²) in [7, 11) is 0. The minimum atomic E-state index is 0.591. The zero-order valence-corrected chi connectivity index (χ0v) is 32.2. The van der Waals surface area contributed by atoms with Crippen LogP contribution in [0.15, 0.2) is 186 Å². The van der Waals surface area contributed by atoms with E-state index in [4.69, 9.17) is 19.4 Å². The number of furan rings is 1. The van der Waals surface area contributed by atoms with Crippen molar-refractivity contribution >= 4 is 96.8 Å². The van der Waals surface area contributed by atoms with Gasteiger partial charge in [0, 0.05) is 58.4 Å². The number of para-hydroxylation sites is 2. The highest BCUT2D eigenvalue weighted by atomic mass is 32.1. The quantitative estimate of drug-likeness (QED) is 0.179. The largest absolute Gasteiger partial charge is 0.454 e. The number of hydrogen-bond donors (Lipinski definition) is 0. The molecule has 59 heavy (non-hydrogen) atoms. The zero-order chi connectivity index (χ0) is 38.6. The zero-order valence-electron chi connectivity index (χ0n) is 31.4. The number of fused-ring (bicyclic) bond motifs is 11. The van der Waals surface area contributed by atoms with E-state index in [1.807, 2.05) is 23.5 Å². The Morgan fingerprint density at radius 2 is 0.966 bits per heavy atom. The monoisotopic (exact) mass is 770 g/mol. The Labute approximate surface area is 341 Å². The van der Waals surface area contributed by atoms with E-state index < -0.39 is 0 Å². The molecule has 4 heterocycles. The lowest BCUT2D eigenvalue weighted by atomic mass is 10.0. The second-order valence-electron chi connectivity index (χ2n) is 15.2. The lowest BCUT2D eigenvalue weighted by Gasteiger charge is -2.13. The molecule has 5 nitrogen and oxygen atoms in total. The first-order valence-corrected chi connectivity index (χ1v) is 20.6. The van der Waals surface area contributed by atoms with Crippen molar-refractivity contribution in [2.75, 3.05) is 0 Å². The van der Waals surface area contributed by atoms with Crippen LogP contribution in [0.3, 0.4) is 0 Å². The van der Waals surface area contributed by atoms with Gasteiger partial charge in [-0.05, 0) is 88.3 Å². The highest BCUT2D eigenvalue weighted by molar-refractivity contribution is 7.25. The Kier molecular flexibility index (Phi) is 6.82. The third-order valence-corrected chi connectivity index (χ3v) is 12.9. The van der Waals surface area contributed by atoms with Crippen molar-refractivity contribution in [1.29, 1.82) is 0 Å².